The summed E-state index contributed by atoms with van der Waals surface area (Å²) in [7, 11) is 0. The molecule has 0 aliphatic heterocycles. The smallest absolute Gasteiger partial charge is 0.234 e. The standard InChI is InChI=1S/C15H14FNOS/c1-11-7-8-12(9-14(11)16)17-15(18)10-19-13-5-3-2-4-6-13/h2-9H,10H2,1H3,(H,17,18). The van der Waals surface area contributed by atoms with Crippen molar-refractivity contribution in [2.24, 2.45) is 0 Å². The molecule has 1 N–H and O–H groups in total. The van der Waals surface area contributed by atoms with E-state index in [1.807, 2.05) is 30.3 Å². The summed E-state index contributed by atoms with van der Waals surface area (Å²) in [6, 6.07) is 14.4. The predicted molar refractivity (Wildman–Crippen MR) is 76.9 cm³/mol. The van der Waals surface area contributed by atoms with Gasteiger partial charge in [-0.05, 0) is 36.8 Å². The van der Waals surface area contributed by atoms with Crippen LogP contribution in [0.15, 0.2) is 53.4 Å². The zero-order chi connectivity index (χ0) is 13.7. The van der Waals surface area contributed by atoms with Crippen LogP contribution >= 0.6 is 11.8 Å². The fourth-order valence-corrected chi connectivity index (χ4v) is 2.25. The second kappa shape index (κ2) is 6.38. The Bertz CT molecular complexity index is 572. The van der Waals surface area contributed by atoms with Crippen LogP contribution in [0.2, 0.25) is 0 Å². The summed E-state index contributed by atoms with van der Waals surface area (Å²) in [5.74, 6) is -0.148. The third-order valence-corrected chi connectivity index (χ3v) is 3.58. The van der Waals surface area contributed by atoms with E-state index >= 15 is 0 Å². The number of rotatable bonds is 4. The third kappa shape index (κ3) is 4.10. The molecule has 0 unspecified atom stereocenters. The van der Waals surface area contributed by atoms with E-state index in [2.05, 4.69) is 5.32 Å². The van der Waals surface area contributed by atoms with E-state index in [-0.39, 0.29) is 11.7 Å². The van der Waals surface area contributed by atoms with Crippen LogP contribution in [0.5, 0.6) is 0 Å². The predicted octanol–water partition coefficient (Wildman–Crippen LogP) is 3.86. The zero-order valence-corrected chi connectivity index (χ0v) is 11.3. The molecule has 4 heteroatoms. The maximum Gasteiger partial charge on any atom is 0.234 e. The molecule has 0 aliphatic carbocycles. The lowest BCUT2D eigenvalue weighted by molar-refractivity contribution is -0.113. The lowest BCUT2D eigenvalue weighted by Crippen LogP contribution is -2.14. The third-order valence-electron chi connectivity index (χ3n) is 2.57. The van der Waals surface area contributed by atoms with Gasteiger partial charge in [-0.2, -0.15) is 0 Å². The van der Waals surface area contributed by atoms with Crippen LogP contribution in [0.1, 0.15) is 5.56 Å². The molecule has 0 aromatic heterocycles. The zero-order valence-electron chi connectivity index (χ0n) is 10.5. The largest absolute Gasteiger partial charge is 0.325 e. The number of halogens is 1. The van der Waals surface area contributed by atoms with Crippen molar-refractivity contribution in [1.82, 2.24) is 0 Å². The van der Waals surface area contributed by atoms with Gasteiger partial charge < -0.3 is 5.32 Å². The number of carbonyl (C=O) groups is 1. The second-order valence-electron chi connectivity index (χ2n) is 4.11. The van der Waals surface area contributed by atoms with Gasteiger partial charge in [-0.25, -0.2) is 4.39 Å². The number of thioether (sulfide) groups is 1. The van der Waals surface area contributed by atoms with E-state index in [0.717, 1.165) is 4.90 Å². The number of hydrogen-bond acceptors (Lipinski definition) is 2. The highest BCUT2D eigenvalue weighted by Crippen LogP contribution is 2.18. The van der Waals surface area contributed by atoms with Gasteiger partial charge in [-0.1, -0.05) is 24.3 Å². The summed E-state index contributed by atoms with van der Waals surface area (Å²) in [4.78, 5) is 12.8. The first-order chi connectivity index (χ1) is 9.15. The Morgan fingerprint density at radius 3 is 2.63 bits per heavy atom. The average molecular weight is 275 g/mol. The van der Waals surface area contributed by atoms with Gasteiger partial charge in [-0.3, -0.25) is 4.79 Å². The van der Waals surface area contributed by atoms with Gasteiger partial charge in [0.1, 0.15) is 5.82 Å². The molecule has 0 spiro atoms. The summed E-state index contributed by atoms with van der Waals surface area (Å²) in [5, 5.41) is 2.68. The molecule has 0 aliphatic rings. The molecule has 19 heavy (non-hydrogen) atoms. The molecule has 0 heterocycles. The van der Waals surface area contributed by atoms with Crippen molar-refractivity contribution >= 4 is 23.4 Å². The van der Waals surface area contributed by atoms with Gasteiger partial charge in [0.2, 0.25) is 5.91 Å². The van der Waals surface area contributed by atoms with Crippen molar-refractivity contribution in [2.75, 3.05) is 11.1 Å². The Morgan fingerprint density at radius 2 is 1.95 bits per heavy atom. The molecule has 2 aromatic carbocycles. The van der Waals surface area contributed by atoms with Crippen molar-refractivity contribution in [2.45, 2.75) is 11.8 Å². The van der Waals surface area contributed by atoms with Crippen LogP contribution in [-0.2, 0) is 4.79 Å². The summed E-state index contributed by atoms with van der Waals surface area (Å²) in [6.45, 7) is 1.69. The number of nitrogens with one attached hydrogen (secondary N) is 1. The maximum atomic E-state index is 13.3. The van der Waals surface area contributed by atoms with Crippen LogP contribution in [0, 0.1) is 12.7 Å². The maximum absolute atomic E-state index is 13.3. The normalized spacial score (nSPS) is 10.2. The number of anilines is 1. The van der Waals surface area contributed by atoms with Gasteiger partial charge >= 0.3 is 0 Å². The summed E-state index contributed by atoms with van der Waals surface area (Å²) < 4.78 is 13.3. The molecule has 0 saturated heterocycles. The highest BCUT2D eigenvalue weighted by Gasteiger charge is 2.05. The minimum absolute atomic E-state index is 0.142. The van der Waals surface area contributed by atoms with Crippen LogP contribution in [-0.4, -0.2) is 11.7 Å². The Hall–Kier alpha value is -1.81. The van der Waals surface area contributed by atoms with Crippen molar-refractivity contribution in [3.63, 3.8) is 0 Å². The number of hydrogen-bond donors (Lipinski definition) is 1. The molecule has 98 valence electrons. The van der Waals surface area contributed by atoms with Crippen LogP contribution in [0.25, 0.3) is 0 Å². The molecule has 2 rings (SSSR count). The molecule has 0 radical (unpaired) electrons. The number of benzene rings is 2. The summed E-state index contributed by atoms with van der Waals surface area (Å²) in [5.41, 5.74) is 1.05. The Morgan fingerprint density at radius 1 is 1.21 bits per heavy atom. The van der Waals surface area contributed by atoms with E-state index in [1.165, 1.54) is 17.8 Å². The van der Waals surface area contributed by atoms with Crippen molar-refractivity contribution < 1.29 is 9.18 Å². The fraction of sp³-hybridized carbons (Fsp3) is 0.133. The molecule has 2 nitrogen and oxygen atoms in total. The van der Waals surface area contributed by atoms with Gasteiger partial charge in [-0.15, -0.1) is 11.8 Å². The first-order valence-electron chi connectivity index (χ1n) is 5.89. The lowest BCUT2D eigenvalue weighted by atomic mass is 10.2. The SMILES string of the molecule is Cc1ccc(NC(=O)CSc2ccccc2)cc1F. The monoisotopic (exact) mass is 275 g/mol. The van der Waals surface area contributed by atoms with Crippen LogP contribution in [0.4, 0.5) is 10.1 Å². The molecular weight excluding hydrogens is 261 g/mol. The fourth-order valence-electron chi connectivity index (χ4n) is 1.53. The molecule has 0 fully saturated rings. The van der Waals surface area contributed by atoms with Gasteiger partial charge in [0.05, 0.1) is 5.75 Å². The molecular formula is C15H14FNOS. The Kier molecular flexibility index (Phi) is 4.58. The van der Waals surface area contributed by atoms with E-state index in [9.17, 15) is 9.18 Å². The molecule has 0 atom stereocenters. The van der Waals surface area contributed by atoms with E-state index < -0.39 is 0 Å². The number of amides is 1. The highest BCUT2D eigenvalue weighted by molar-refractivity contribution is 8.00. The van der Waals surface area contributed by atoms with Gasteiger partial charge in [0, 0.05) is 10.6 Å². The van der Waals surface area contributed by atoms with Gasteiger partial charge in [0.15, 0.2) is 0 Å². The minimum Gasteiger partial charge on any atom is -0.325 e. The second-order valence-corrected chi connectivity index (χ2v) is 5.16. The quantitative estimate of drug-likeness (QED) is 0.858. The first kappa shape index (κ1) is 13.6. The minimum atomic E-state index is -0.312. The van der Waals surface area contributed by atoms with Crippen molar-refractivity contribution in [3.8, 4) is 0 Å². The van der Waals surface area contributed by atoms with Gasteiger partial charge in [0.25, 0.3) is 0 Å². The van der Waals surface area contributed by atoms with Crippen molar-refractivity contribution in [3.05, 3.63) is 59.9 Å². The highest BCUT2D eigenvalue weighted by atomic mass is 32.2. The molecule has 0 bridgehead atoms. The van der Waals surface area contributed by atoms with Crippen molar-refractivity contribution in [1.29, 1.82) is 0 Å². The lowest BCUT2D eigenvalue weighted by Gasteiger charge is -2.06. The van der Waals surface area contributed by atoms with E-state index in [1.54, 1.807) is 19.1 Å². The van der Waals surface area contributed by atoms with E-state index in [4.69, 9.17) is 0 Å². The van der Waals surface area contributed by atoms with Crippen LogP contribution in [0.3, 0.4) is 0 Å². The number of carbonyl (C=O) groups excluding carboxylic acids is 1. The Balaban J connectivity index is 1.89. The molecule has 0 saturated carbocycles. The average Bonchev–Trinajstić information content (AvgIpc) is 2.42. The Labute approximate surface area is 116 Å². The summed E-state index contributed by atoms with van der Waals surface area (Å²) in [6.07, 6.45) is 0. The molecule has 2 aromatic rings. The molecule has 1 amide bonds. The number of aryl methyl sites for hydroxylation is 1. The summed E-state index contributed by atoms with van der Waals surface area (Å²) >= 11 is 1.45. The topological polar surface area (TPSA) is 29.1 Å². The first-order valence-corrected chi connectivity index (χ1v) is 6.87. The van der Waals surface area contributed by atoms with E-state index in [0.29, 0.717) is 17.0 Å². The van der Waals surface area contributed by atoms with Crippen LogP contribution < -0.4 is 5.32 Å².